The zero-order chi connectivity index (χ0) is 20.9. The van der Waals surface area contributed by atoms with E-state index >= 15 is 0 Å². The van der Waals surface area contributed by atoms with Crippen molar-refractivity contribution < 1.29 is 9.59 Å². The number of hydrogen-bond acceptors (Lipinski definition) is 4. The molecule has 2 aliphatic heterocycles. The topological polar surface area (TPSA) is 67.6 Å². The van der Waals surface area contributed by atoms with Gasteiger partial charge in [0.2, 0.25) is 0 Å². The van der Waals surface area contributed by atoms with E-state index in [-0.39, 0.29) is 11.8 Å². The molecule has 2 saturated heterocycles. The first kappa shape index (κ1) is 20.1. The molecular formula is C24H26N4O2. The van der Waals surface area contributed by atoms with Gasteiger partial charge in [0.15, 0.2) is 0 Å². The lowest BCUT2D eigenvalue weighted by Crippen LogP contribution is -2.48. The number of carbonyl (C=O) groups is 2. The molecular weight excluding hydrogens is 376 g/mol. The first-order valence-corrected chi connectivity index (χ1v) is 10.5. The van der Waals surface area contributed by atoms with E-state index < -0.39 is 0 Å². The van der Waals surface area contributed by atoms with Gasteiger partial charge >= 0.3 is 0 Å². The minimum atomic E-state index is -0.0591. The summed E-state index contributed by atoms with van der Waals surface area (Å²) in [7, 11) is 0. The smallest absolute Gasteiger partial charge is 0.254 e. The average molecular weight is 402 g/mol. The van der Waals surface area contributed by atoms with Crippen molar-refractivity contribution >= 4 is 11.8 Å². The van der Waals surface area contributed by atoms with Gasteiger partial charge in [-0.05, 0) is 42.7 Å². The van der Waals surface area contributed by atoms with E-state index in [1.807, 2.05) is 46.2 Å². The summed E-state index contributed by atoms with van der Waals surface area (Å²) in [6, 6.07) is 17.0. The summed E-state index contributed by atoms with van der Waals surface area (Å²) in [4.78, 5) is 32.1. The van der Waals surface area contributed by atoms with Crippen LogP contribution in [-0.4, -0.2) is 65.8 Å². The van der Waals surface area contributed by atoms with Gasteiger partial charge in [0, 0.05) is 45.8 Å². The summed E-state index contributed by atoms with van der Waals surface area (Å²) in [5.41, 5.74) is 2.85. The minimum absolute atomic E-state index is 0.0316. The maximum absolute atomic E-state index is 13.2. The molecule has 0 atom stereocenters. The summed E-state index contributed by atoms with van der Waals surface area (Å²) in [5.74, 6) is -0.0907. The molecule has 0 N–H and O–H groups in total. The maximum Gasteiger partial charge on any atom is 0.254 e. The highest BCUT2D eigenvalue weighted by atomic mass is 16.2. The third-order valence-corrected chi connectivity index (χ3v) is 5.93. The van der Waals surface area contributed by atoms with E-state index in [9.17, 15) is 9.59 Å². The van der Waals surface area contributed by atoms with E-state index in [1.165, 1.54) is 0 Å². The lowest BCUT2D eigenvalue weighted by molar-refractivity contribution is 0.0620. The van der Waals surface area contributed by atoms with Crippen LogP contribution in [0.25, 0.3) is 0 Å². The Morgan fingerprint density at radius 3 is 1.83 bits per heavy atom. The van der Waals surface area contributed by atoms with E-state index in [0.717, 1.165) is 51.1 Å². The number of likely N-dealkylation sites (tertiary alicyclic amines) is 1. The Morgan fingerprint density at radius 1 is 0.767 bits per heavy atom. The van der Waals surface area contributed by atoms with Crippen LogP contribution in [0, 0.1) is 11.3 Å². The maximum atomic E-state index is 13.2. The number of benzene rings is 2. The quantitative estimate of drug-likeness (QED) is 0.789. The Bertz CT molecular complexity index is 950. The molecule has 2 amide bonds. The largest absolute Gasteiger partial charge is 0.339 e. The molecule has 154 valence electrons. The van der Waals surface area contributed by atoms with Gasteiger partial charge in [-0.2, -0.15) is 5.26 Å². The first-order chi connectivity index (χ1) is 14.7. The predicted molar refractivity (Wildman–Crippen MR) is 114 cm³/mol. The highest BCUT2D eigenvalue weighted by Gasteiger charge is 2.28. The fraction of sp³-hybridized carbons (Fsp3) is 0.375. The molecule has 0 aliphatic carbocycles. The van der Waals surface area contributed by atoms with Crippen molar-refractivity contribution in [1.82, 2.24) is 14.7 Å². The van der Waals surface area contributed by atoms with Crippen LogP contribution in [0.4, 0.5) is 0 Å². The third kappa shape index (κ3) is 4.37. The molecule has 0 radical (unpaired) electrons. The van der Waals surface area contributed by atoms with Gasteiger partial charge in [-0.15, -0.1) is 0 Å². The Morgan fingerprint density at radius 2 is 1.30 bits per heavy atom. The molecule has 0 unspecified atom stereocenters. The number of nitrogens with zero attached hydrogens (tertiary/aromatic N) is 4. The zero-order valence-electron chi connectivity index (χ0n) is 17.1. The second-order valence-corrected chi connectivity index (χ2v) is 7.92. The standard InChI is InChI=1S/C24H26N4O2/c25-17-19-7-9-20(10-8-19)18-26-13-15-28(16-14-26)24(30)22-6-2-1-5-21(22)23(29)27-11-3-4-12-27/h1-2,5-10H,3-4,11-16,18H2. The molecule has 0 bridgehead atoms. The fourth-order valence-electron chi connectivity index (χ4n) is 4.17. The van der Waals surface area contributed by atoms with E-state index in [2.05, 4.69) is 11.0 Å². The van der Waals surface area contributed by atoms with Crippen molar-refractivity contribution in [1.29, 1.82) is 5.26 Å². The van der Waals surface area contributed by atoms with Crippen LogP contribution in [0.15, 0.2) is 48.5 Å². The van der Waals surface area contributed by atoms with Gasteiger partial charge in [-0.1, -0.05) is 24.3 Å². The van der Waals surface area contributed by atoms with Gasteiger partial charge in [0.25, 0.3) is 11.8 Å². The van der Waals surface area contributed by atoms with E-state index in [4.69, 9.17) is 5.26 Å². The second kappa shape index (κ2) is 9.10. The highest BCUT2D eigenvalue weighted by Crippen LogP contribution is 2.19. The van der Waals surface area contributed by atoms with Gasteiger partial charge in [0.1, 0.15) is 0 Å². The zero-order valence-corrected chi connectivity index (χ0v) is 17.1. The van der Waals surface area contributed by atoms with E-state index in [0.29, 0.717) is 29.8 Å². The summed E-state index contributed by atoms with van der Waals surface area (Å²) >= 11 is 0. The van der Waals surface area contributed by atoms with Crippen molar-refractivity contribution in [3.63, 3.8) is 0 Å². The Labute approximate surface area is 177 Å². The van der Waals surface area contributed by atoms with Gasteiger partial charge in [0.05, 0.1) is 22.8 Å². The van der Waals surface area contributed by atoms with Crippen molar-refractivity contribution in [2.75, 3.05) is 39.3 Å². The monoisotopic (exact) mass is 402 g/mol. The molecule has 2 fully saturated rings. The van der Waals surface area contributed by atoms with Crippen LogP contribution in [0.3, 0.4) is 0 Å². The van der Waals surface area contributed by atoms with Gasteiger partial charge < -0.3 is 9.80 Å². The molecule has 2 heterocycles. The molecule has 30 heavy (non-hydrogen) atoms. The molecule has 6 nitrogen and oxygen atoms in total. The number of piperazine rings is 1. The molecule has 2 aromatic rings. The van der Waals surface area contributed by atoms with Crippen molar-refractivity contribution in [2.45, 2.75) is 19.4 Å². The summed E-state index contributed by atoms with van der Waals surface area (Å²) in [6.07, 6.45) is 2.06. The van der Waals surface area contributed by atoms with E-state index in [1.54, 1.807) is 12.1 Å². The van der Waals surface area contributed by atoms with Gasteiger partial charge in [-0.3, -0.25) is 14.5 Å². The normalized spacial score (nSPS) is 17.0. The highest BCUT2D eigenvalue weighted by molar-refractivity contribution is 6.07. The lowest BCUT2D eigenvalue weighted by Gasteiger charge is -2.35. The van der Waals surface area contributed by atoms with Crippen LogP contribution >= 0.6 is 0 Å². The molecule has 2 aromatic carbocycles. The van der Waals surface area contributed by atoms with Crippen LogP contribution in [0.5, 0.6) is 0 Å². The first-order valence-electron chi connectivity index (χ1n) is 10.5. The predicted octanol–water partition coefficient (Wildman–Crippen LogP) is 2.75. The number of carbonyl (C=O) groups excluding carboxylic acids is 2. The molecule has 0 aromatic heterocycles. The number of hydrogen-bond donors (Lipinski definition) is 0. The van der Waals surface area contributed by atoms with Crippen molar-refractivity contribution in [2.24, 2.45) is 0 Å². The number of amides is 2. The molecule has 4 rings (SSSR count). The lowest BCUT2D eigenvalue weighted by atomic mass is 10.0. The third-order valence-electron chi connectivity index (χ3n) is 5.93. The Kier molecular flexibility index (Phi) is 6.10. The Hall–Kier alpha value is -3.17. The average Bonchev–Trinajstić information content (AvgIpc) is 3.34. The van der Waals surface area contributed by atoms with Crippen LogP contribution in [0.1, 0.15) is 44.7 Å². The number of rotatable bonds is 4. The van der Waals surface area contributed by atoms with Crippen LogP contribution < -0.4 is 0 Å². The van der Waals surface area contributed by atoms with Crippen molar-refractivity contribution in [3.8, 4) is 6.07 Å². The second-order valence-electron chi connectivity index (χ2n) is 7.92. The molecule has 6 heteroatoms. The summed E-state index contributed by atoms with van der Waals surface area (Å²) < 4.78 is 0. The SMILES string of the molecule is N#Cc1ccc(CN2CCN(C(=O)c3ccccc3C(=O)N3CCCC3)CC2)cc1. The van der Waals surface area contributed by atoms with Crippen LogP contribution in [0.2, 0.25) is 0 Å². The van der Waals surface area contributed by atoms with Crippen molar-refractivity contribution in [3.05, 3.63) is 70.8 Å². The minimum Gasteiger partial charge on any atom is -0.339 e. The fourth-order valence-corrected chi connectivity index (χ4v) is 4.17. The Balaban J connectivity index is 1.38. The van der Waals surface area contributed by atoms with Gasteiger partial charge in [-0.25, -0.2) is 0 Å². The summed E-state index contributed by atoms with van der Waals surface area (Å²) in [5, 5.41) is 8.92. The molecule has 0 spiro atoms. The molecule has 0 saturated carbocycles. The summed E-state index contributed by atoms with van der Waals surface area (Å²) in [6.45, 7) is 5.20. The molecule has 2 aliphatic rings. The van der Waals surface area contributed by atoms with Crippen LogP contribution in [-0.2, 0) is 6.54 Å². The number of nitriles is 1.